The molecule has 7 nitrogen and oxygen atoms in total. The van der Waals surface area contributed by atoms with Crippen molar-refractivity contribution in [1.29, 1.82) is 0 Å². The standard InChI is InChI=1S/C21H18Cl2N4O3/c1-27-11-16(18(26-27)13-5-3-2-4-6-13)21(30)25-17(19(28)20(24)29)9-12-7-14(22)10-15(23)8-12/h2-8,10-11,17H,9H2,1H3,(H2,24,29)(H,25,30). The molecule has 0 saturated heterocycles. The zero-order valence-corrected chi connectivity index (χ0v) is 17.4. The molecule has 0 fully saturated rings. The van der Waals surface area contributed by atoms with Crippen molar-refractivity contribution in [2.75, 3.05) is 0 Å². The Morgan fingerprint density at radius 2 is 1.73 bits per heavy atom. The molecule has 0 saturated carbocycles. The Kier molecular flexibility index (Phi) is 6.54. The van der Waals surface area contributed by atoms with Crippen LogP contribution in [0.4, 0.5) is 0 Å². The Bertz CT molecular complexity index is 1090. The van der Waals surface area contributed by atoms with E-state index >= 15 is 0 Å². The summed E-state index contributed by atoms with van der Waals surface area (Å²) in [5, 5.41) is 7.67. The van der Waals surface area contributed by atoms with Gasteiger partial charge in [-0.25, -0.2) is 0 Å². The number of hydrogen-bond acceptors (Lipinski definition) is 4. The van der Waals surface area contributed by atoms with Gasteiger partial charge in [0, 0.05) is 35.3 Å². The van der Waals surface area contributed by atoms with Crippen molar-refractivity contribution >= 4 is 40.8 Å². The van der Waals surface area contributed by atoms with E-state index < -0.39 is 23.6 Å². The molecule has 0 aliphatic heterocycles. The number of aromatic nitrogens is 2. The quantitative estimate of drug-likeness (QED) is 0.546. The molecule has 2 aromatic carbocycles. The number of halogens is 2. The number of aryl methyl sites for hydroxylation is 1. The van der Waals surface area contributed by atoms with Gasteiger partial charge >= 0.3 is 0 Å². The largest absolute Gasteiger partial charge is 0.363 e. The first kappa shape index (κ1) is 21.5. The summed E-state index contributed by atoms with van der Waals surface area (Å²) >= 11 is 12.0. The summed E-state index contributed by atoms with van der Waals surface area (Å²) in [6, 6.07) is 12.7. The molecule has 154 valence electrons. The van der Waals surface area contributed by atoms with Crippen LogP contribution >= 0.6 is 23.2 Å². The maximum atomic E-state index is 13.0. The summed E-state index contributed by atoms with van der Waals surface area (Å²) in [6.45, 7) is 0. The van der Waals surface area contributed by atoms with Crippen molar-refractivity contribution in [3.05, 3.63) is 75.9 Å². The highest BCUT2D eigenvalue weighted by Crippen LogP contribution is 2.23. The van der Waals surface area contributed by atoms with Crippen LogP contribution in [0, 0.1) is 0 Å². The fourth-order valence-corrected chi connectivity index (χ4v) is 3.62. The van der Waals surface area contributed by atoms with E-state index in [1.807, 2.05) is 30.3 Å². The Morgan fingerprint density at radius 1 is 1.10 bits per heavy atom. The SMILES string of the molecule is Cn1cc(C(=O)NC(Cc2cc(Cl)cc(Cl)c2)C(=O)C(N)=O)c(-c2ccccc2)n1. The maximum absolute atomic E-state index is 13.0. The third-order valence-electron chi connectivity index (χ3n) is 4.35. The second kappa shape index (κ2) is 9.11. The van der Waals surface area contributed by atoms with E-state index in [0.29, 0.717) is 21.3 Å². The lowest BCUT2D eigenvalue weighted by Crippen LogP contribution is -2.47. The van der Waals surface area contributed by atoms with Gasteiger partial charge in [0.2, 0.25) is 5.78 Å². The maximum Gasteiger partial charge on any atom is 0.287 e. The summed E-state index contributed by atoms with van der Waals surface area (Å²) < 4.78 is 1.50. The van der Waals surface area contributed by atoms with Crippen molar-refractivity contribution < 1.29 is 14.4 Å². The lowest BCUT2D eigenvalue weighted by Gasteiger charge is -2.17. The monoisotopic (exact) mass is 444 g/mol. The van der Waals surface area contributed by atoms with E-state index in [9.17, 15) is 14.4 Å². The number of nitrogens with two attached hydrogens (primary N) is 1. The van der Waals surface area contributed by atoms with Gasteiger partial charge in [-0.3, -0.25) is 19.1 Å². The van der Waals surface area contributed by atoms with E-state index in [1.54, 1.807) is 25.4 Å². The van der Waals surface area contributed by atoms with Gasteiger partial charge in [-0.1, -0.05) is 53.5 Å². The number of hydrogen-bond donors (Lipinski definition) is 2. The van der Waals surface area contributed by atoms with Crippen LogP contribution in [0.5, 0.6) is 0 Å². The molecule has 30 heavy (non-hydrogen) atoms. The van der Waals surface area contributed by atoms with Gasteiger partial charge in [-0.2, -0.15) is 5.10 Å². The zero-order chi connectivity index (χ0) is 21.8. The minimum Gasteiger partial charge on any atom is -0.363 e. The summed E-state index contributed by atoms with van der Waals surface area (Å²) in [7, 11) is 1.68. The number of primary amides is 1. The van der Waals surface area contributed by atoms with Crippen molar-refractivity contribution in [3.63, 3.8) is 0 Å². The van der Waals surface area contributed by atoms with Gasteiger partial charge in [-0.15, -0.1) is 0 Å². The van der Waals surface area contributed by atoms with E-state index in [1.165, 1.54) is 10.7 Å². The van der Waals surface area contributed by atoms with Crippen LogP contribution < -0.4 is 11.1 Å². The van der Waals surface area contributed by atoms with E-state index in [4.69, 9.17) is 28.9 Å². The molecule has 1 unspecified atom stereocenters. The Balaban J connectivity index is 1.91. The van der Waals surface area contributed by atoms with Gasteiger partial charge in [-0.05, 0) is 23.8 Å². The average molecular weight is 445 g/mol. The lowest BCUT2D eigenvalue weighted by atomic mass is 10.0. The second-order valence-electron chi connectivity index (χ2n) is 6.67. The van der Waals surface area contributed by atoms with Gasteiger partial charge in [0.05, 0.1) is 5.56 Å². The molecule has 3 N–H and O–H groups in total. The minimum atomic E-state index is -1.19. The van der Waals surface area contributed by atoms with Crippen LogP contribution in [0.1, 0.15) is 15.9 Å². The first-order valence-corrected chi connectivity index (χ1v) is 9.68. The second-order valence-corrected chi connectivity index (χ2v) is 7.54. The minimum absolute atomic E-state index is 0.00523. The smallest absolute Gasteiger partial charge is 0.287 e. The highest BCUT2D eigenvalue weighted by molar-refractivity contribution is 6.38. The van der Waals surface area contributed by atoms with Crippen molar-refractivity contribution in [2.24, 2.45) is 12.8 Å². The highest BCUT2D eigenvalue weighted by atomic mass is 35.5. The van der Waals surface area contributed by atoms with Crippen LogP contribution in [0.25, 0.3) is 11.3 Å². The fraction of sp³-hybridized carbons (Fsp3) is 0.143. The number of benzene rings is 2. The first-order valence-electron chi connectivity index (χ1n) is 8.93. The summed E-state index contributed by atoms with van der Waals surface area (Å²) in [6.07, 6.45) is 1.54. The first-order chi connectivity index (χ1) is 14.2. The number of nitrogens with one attached hydrogen (secondary N) is 1. The molecule has 0 bridgehead atoms. The molecular weight excluding hydrogens is 427 g/mol. The Morgan fingerprint density at radius 3 is 2.33 bits per heavy atom. The molecule has 0 spiro atoms. The zero-order valence-electron chi connectivity index (χ0n) is 15.9. The van der Waals surface area contributed by atoms with Crippen LogP contribution in [0.3, 0.4) is 0 Å². The van der Waals surface area contributed by atoms with E-state index in [2.05, 4.69) is 10.4 Å². The number of carbonyl (C=O) groups excluding carboxylic acids is 3. The predicted molar refractivity (Wildman–Crippen MR) is 114 cm³/mol. The number of rotatable bonds is 7. The summed E-state index contributed by atoms with van der Waals surface area (Å²) in [4.78, 5) is 36.9. The molecule has 3 rings (SSSR count). The number of carbonyl (C=O) groups is 3. The third kappa shape index (κ3) is 5.06. The molecule has 1 aromatic heterocycles. The number of ketones is 1. The average Bonchev–Trinajstić information content (AvgIpc) is 3.08. The van der Waals surface area contributed by atoms with Crippen molar-refractivity contribution in [2.45, 2.75) is 12.5 Å². The molecule has 1 atom stereocenters. The summed E-state index contributed by atoms with van der Waals surface area (Å²) in [5.41, 5.74) is 7.20. The molecule has 0 radical (unpaired) electrons. The molecule has 3 aromatic rings. The Hall–Kier alpha value is -3.16. The molecule has 0 aliphatic carbocycles. The highest BCUT2D eigenvalue weighted by Gasteiger charge is 2.28. The third-order valence-corrected chi connectivity index (χ3v) is 4.78. The predicted octanol–water partition coefficient (Wildman–Crippen LogP) is 2.79. The molecule has 0 aliphatic rings. The van der Waals surface area contributed by atoms with Crippen LogP contribution in [-0.2, 0) is 23.1 Å². The van der Waals surface area contributed by atoms with Crippen LogP contribution in [0.15, 0.2) is 54.7 Å². The number of amides is 2. The molecular formula is C21H18Cl2N4O3. The lowest BCUT2D eigenvalue weighted by molar-refractivity contribution is -0.137. The van der Waals surface area contributed by atoms with E-state index in [0.717, 1.165) is 5.56 Å². The van der Waals surface area contributed by atoms with Crippen LogP contribution in [-0.4, -0.2) is 33.4 Å². The number of nitrogens with zero attached hydrogens (tertiary/aromatic N) is 2. The van der Waals surface area contributed by atoms with Crippen LogP contribution in [0.2, 0.25) is 10.0 Å². The topological polar surface area (TPSA) is 107 Å². The van der Waals surface area contributed by atoms with Gasteiger partial charge in [0.1, 0.15) is 11.7 Å². The normalized spacial score (nSPS) is 11.7. The van der Waals surface area contributed by atoms with Crippen molar-refractivity contribution in [3.8, 4) is 11.3 Å². The fourth-order valence-electron chi connectivity index (χ4n) is 3.05. The van der Waals surface area contributed by atoms with Crippen molar-refractivity contribution in [1.82, 2.24) is 15.1 Å². The van der Waals surface area contributed by atoms with Gasteiger partial charge in [0.15, 0.2) is 0 Å². The Labute approximate surface area is 182 Å². The molecule has 1 heterocycles. The molecule has 2 amide bonds. The number of Topliss-reactive ketones (excluding diaryl/α,β-unsaturated/α-hetero) is 1. The van der Waals surface area contributed by atoms with Gasteiger partial charge in [0.25, 0.3) is 11.8 Å². The molecule has 9 heteroatoms. The van der Waals surface area contributed by atoms with E-state index in [-0.39, 0.29) is 12.0 Å². The van der Waals surface area contributed by atoms with Gasteiger partial charge < -0.3 is 11.1 Å². The summed E-state index contributed by atoms with van der Waals surface area (Å²) in [5.74, 6) is -2.64.